The fourth-order valence-corrected chi connectivity index (χ4v) is 2.57. The first kappa shape index (κ1) is 16.8. The van der Waals surface area contributed by atoms with Gasteiger partial charge in [0.15, 0.2) is 5.75 Å². The maximum absolute atomic E-state index is 9.05. The SMILES string of the molecule is Cc1cccc(NCc2n[nH]c(C)c2Oc2cc(Cl)cc(C#N)c2)n1. The van der Waals surface area contributed by atoms with E-state index in [-0.39, 0.29) is 0 Å². The molecule has 1 aromatic carbocycles. The summed E-state index contributed by atoms with van der Waals surface area (Å²) in [7, 11) is 0. The number of pyridine rings is 1. The molecule has 0 bridgehead atoms. The number of hydrogen-bond acceptors (Lipinski definition) is 5. The topological polar surface area (TPSA) is 86.6 Å². The summed E-state index contributed by atoms with van der Waals surface area (Å²) in [6, 6.07) is 12.7. The number of hydrogen-bond donors (Lipinski definition) is 2. The number of halogens is 1. The lowest BCUT2D eigenvalue weighted by Crippen LogP contribution is -2.03. The molecule has 6 nitrogen and oxygen atoms in total. The van der Waals surface area contributed by atoms with Crippen molar-refractivity contribution in [3.8, 4) is 17.6 Å². The fourth-order valence-electron chi connectivity index (χ4n) is 2.34. The average molecular weight is 354 g/mol. The van der Waals surface area contributed by atoms with Crippen molar-refractivity contribution in [3.63, 3.8) is 0 Å². The predicted molar refractivity (Wildman–Crippen MR) is 95.9 cm³/mol. The van der Waals surface area contributed by atoms with E-state index in [4.69, 9.17) is 21.6 Å². The Balaban J connectivity index is 1.80. The van der Waals surface area contributed by atoms with Crippen LogP contribution >= 0.6 is 11.6 Å². The van der Waals surface area contributed by atoms with Crippen LogP contribution in [0.3, 0.4) is 0 Å². The second-order valence-corrected chi connectivity index (χ2v) is 5.97. The first-order chi connectivity index (χ1) is 12.0. The number of aryl methyl sites for hydroxylation is 2. The molecule has 0 atom stereocenters. The summed E-state index contributed by atoms with van der Waals surface area (Å²) in [6.45, 7) is 4.25. The quantitative estimate of drug-likeness (QED) is 0.712. The van der Waals surface area contributed by atoms with E-state index in [0.717, 1.165) is 17.2 Å². The van der Waals surface area contributed by atoms with E-state index in [1.165, 1.54) is 0 Å². The van der Waals surface area contributed by atoms with Gasteiger partial charge in [0, 0.05) is 10.7 Å². The van der Waals surface area contributed by atoms with Gasteiger partial charge >= 0.3 is 0 Å². The van der Waals surface area contributed by atoms with E-state index >= 15 is 0 Å². The lowest BCUT2D eigenvalue weighted by Gasteiger charge is -2.09. The van der Waals surface area contributed by atoms with Gasteiger partial charge in [0.05, 0.1) is 23.9 Å². The first-order valence-corrected chi connectivity index (χ1v) is 8.03. The van der Waals surface area contributed by atoms with Crippen LogP contribution in [0.1, 0.15) is 22.6 Å². The van der Waals surface area contributed by atoms with Crippen molar-refractivity contribution in [1.82, 2.24) is 15.2 Å². The molecular weight excluding hydrogens is 338 g/mol. The lowest BCUT2D eigenvalue weighted by atomic mass is 10.2. The van der Waals surface area contributed by atoms with Crippen LogP contribution in [0.15, 0.2) is 36.4 Å². The molecule has 126 valence electrons. The number of anilines is 1. The smallest absolute Gasteiger partial charge is 0.172 e. The van der Waals surface area contributed by atoms with E-state index < -0.39 is 0 Å². The summed E-state index contributed by atoms with van der Waals surface area (Å²) in [6.07, 6.45) is 0. The summed E-state index contributed by atoms with van der Waals surface area (Å²) in [5, 5.41) is 19.9. The molecule has 0 aliphatic carbocycles. The minimum atomic E-state index is 0.437. The maximum atomic E-state index is 9.05. The zero-order chi connectivity index (χ0) is 17.8. The van der Waals surface area contributed by atoms with Crippen LogP contribution in [0, 0.1) is 25.2 Å². The Morgan fingerprint density at radius 1 is 1.28 bits per heavy atom. The Kier molecular flexibility index (Phi) is 4.87. The average Bonchev–Trinajstić information content (AvgIpc) is 2.93. The van der Waals surface area contributed by atoms with Crippen LogP contribution in [0.4, 0.5) is 5.82 Å². The Hall–Kier alpha value is -3.04. The zero-order valence-corrected chi connectivity index (χ0v) is 14.6. The molecule has 0 saturated heterocycles. The maximum Gasteiger partial charge on any atom is 0.172 e. The van der Waals surface area contributed by atoms with Crippen LogP contribution in [-0.4, -0.2) is 15.2 Å². The summed E-state index contributed by atoms with van der Waals surface area (Å²) < 4.78 is 5.93. The number of aromatic nitrogens is 3. The molecule has 2 heterocycles. The van der Waals surface area contributed by atoms with Crippen LogP contribution in [0.5, 0.6) is 11.5 Å². The van der Waals surface area contributed by atoms with E-state index in [1.54, 1.807) is 18.2 Å². The van der Waals surface area contributed by atoms with Gasteiger partial charge in [-0.05, 0) is 44.2 Å². The van der Waals surface area contributed by atoms with Gasteiger partial charge in [0.2, 0.25) is 0 Å². The molecule has 0 spiro atoms. The van der Waals surface area contributed by atoms with E-state index in [9.17, 15) is 0 Å². The van der Waals surface area contributed by atoms with Crippen LogP contribution < -0.4 is 10.1 Å². The fraction of sp³-hybridized carbons (Fsp3) is 0.167. The van der Waals surface area contributed by atoms with Gasteiger partial charge in [-0.3, -0.25) is 5.10 Å². The van der Waals surface area contributed by atoms with E-state index in [1.807, 2.05) is 32.0 Å². The van der Waals surface area contributed by atoms with Crippen molar-refractivity contribution in [1.29, 1.82) is 5.26 Å². The van der Waals surface area contributed by atoms with E-state index in [2.05, 4.69) is 26.6 Å². The lowest BCUT2D eigenvalue weighted by molar-refractivity contribution is 0.473. The molecule has 2 aromatic heterocycles. The highest BCUT2D eigenvalue weighted by atomic mass is 35.5. The molecular formula is C18H16ClN5O. The van der Waals surface area contributed by atoms with Crippen LogP contribution in [0.25, 0.3) is 0 Å². The van der Waals surface area contributed by atoms with Gasteiger partial charge < -0.3 is 10.1 Å². The Morgan fingerprint density at radius 2 is 2.12 bits per heavy atom. The second-order valence-electron chi connectivity index (χ2n) is 5.53. The summed E-state index contributed by atoms with van der Waals surface area (Å²) >= 11 is 6.03. The number of nitriles is 1. The zero-order valence-electron chi connectivity index (χ0n) is 13.8. The van der Waals surface area contributed by atoms with Gasteiger partial charge in [0.25, 0.3) is 0 Å². The molecule has 0 radical (unpaired) electrons. The largest absolute Gasteiger partial charge is 0.453 e. The Labute approximate surface area is 150 Å². The van der Waals surface area contributed by atoms with Crippen molar-refractivity contribution >= 4 is 17.4 Å². The third-order valence-electron chi connectivity index (χ3n) is 3.51. The third kappa shape index (κ3) is 4.08. The highest BCUT2D eigenvalue weighted by molar-refractivity contribution is 6.30. The van der Waals surface area contributed by atoms with Gasteiger partial charge in [-0.2, -0.15) is 10.4 Å². The van der Waals surface area contributed by atoms with Crippen molar-refractivity contribution in [2.75, 3.05) is 5.32 Å². The minimum Gasteiger partial charge on any atom is -0.453 e. The molecule has 3 aromatic rings. The van der Waals surface area contributed by atoms with Gasteiger partial charge in [-0.1, -0.05) is 17.7 Å². The predicted octanol–water partition coefficient (Wildman–Crippen LogP) is 4.35. The van der Waals surface area contributed by atoms with Crippen LogP contribution in [-0.2, 0) is 6.54 Å². The molecule has 0 amide bonds. The van der Waals surface area contributed by atoms with Crippen molar-refractivity contribution < 1.29 is 4.74 Å². The number of benzene rings is 1. The molecule has 0 fully saturated rings. The molecule has 25 heavy (non-hydrogen) atoms. The molecule has 0 saturated carbocycles. The normalized spacial score (nSPS) is 10.3. The number of ether oxygens (including phenoxy) is 1. The monoisotopic (exact) mass is 353 g/mol. The van der Waals surface area contributed by atoms with Gasteiger partial charge in [0.1, 0.15) is 17.3 Å². The van der Waals surface area contributed by atoms with Crippen molar-refractivity contribution in [3.05, 3.63) is 64.1 Å². The minimum absolute atomic E-state index is 0.437. The Morgan fingerprint density at radius 3 is 2.88 bits per heavy atom. The summed E-state index contributed by atoms with van der Waals surface area (Å²) in [5.74, 6) is 1.86. The molecule has 2 N–H and O–H groups in total. The van der Waals surface area contributed by atoms with Gasteiger partial charge in [-0.15, -0.1) is 0 Å². The second kappa shape index (κ2) is 7.24. The van der Waals surface area contributed by atoms with Crippen molar-refractivity contribution in [2.45, 2.75) is 20.4 Å². The highest BCUT2D eigenvalue weighted by Gasteiger charge is 2.14. The van der Waals surface area contributed by atoms with Crippen molar-refractivity contribution in [2.24, 2.45) is 0 Å². The Bertz CT molecular complexity index is 945. The standard InChI is InChI=1S/C18H16ClN5O/c1-11-4-3-5-17(22-11)21-10-16-18(12(2)23-24-16)25-15-7-13(9-20)6-14(19)8-15/h3-8H,10H2,1-2H3,(H,21,22)(H,23,24). The third-order valence-corrected chi connectivity index (χ3v) is 3.73. The van der Waals surface area contributed by atoms with Gasteiger partial charge in [-0.25, -0.2) is 4.98 Å². The number of rotatable bonds is 5. The highest BCUT2D eigenvalue weighted by Crippen LogP contribution is 2.30. The number of H-pyrrole nitrogens is 1. The van der Waals surface area contributed by atoms with E-state index in [0.29, 0.717) is 34.3 Å². The molecule has 0 aliphatic rings. The molecule has 0 unspecified atom stereocenters. The number of nitrogens with zero attached hydrogens (tertiary/aromatic N) is 3. The molecule has 3 rings (SSSR count). The van der Waals surface area contributed by atoms with Crippen LogP contribution in [0.2, 0.25) is 5.02 Å². The first-order valence-electron chi connectivity index (χ1n) is 7.65. The molecule has 0 aliphatic heterocycles. The summed E-state index contributed by atoms with van der Waals surface area (Å²) in [4.78, 5) is 4.40. The number of nitrogens with one attached hydrogen (secondary N) is 2. The summed E-state index contributed by atoms with van der Waals surface area (Å²) in [5.41, 5.74) is 2.86. The molecule has 7 heteroatoms. The number of aromatic amines is 1.